The highest BCUT2D eigenvalue weighted by atomic mass is 31.2. The maximum absolute atomic E-state index is 13.2. The molecule has 0 saturated heterocycles. The Hall–Kier alpha value is -1.68. The zero-order valence-electron chi connectivity index (χ0n) is 11.7. The Balaban J connectivity index is 2.42. The van der Waals surface area contributed by atoms with Crippen molar-refractivity contribution < 1.29 is 18.7 Å². The summed E-state index contributed by atoms with van der Waals surface area (Å²) >= 11 is 0. The Kier molecular flexibility index (Phi) is 4.47. The summed E-state index contributed by atoms with van der Waals surface area (Å²) in [4.78, 5) is 19.2. The van der Waals surface area contributed by atoms with Gasteiger partial charge in [-0.05, 0) is 43.2 Å². The van der Waals surface area contributed by atoms with Gasteiger partial charge in [0.25, 0.3) is 0 Å². The third kappa shape index (κ3) is 3.91. The van der Waals surface area contributed by atoms with E-state index in [4.69, 9.17) is 0 Å². The van der Waals surface area contributed by atoms with Crippen LogP contribution in [-0.4, -0.2) is 9.79 Å². The topological polar surface area (TPSA) is 69.6 Å². The molecule has 0 spiro atoms. The fourth-order valence-corrected chi connectivity index (χ4v) is 3.18. The first-order chi connectivity index (χ1) is 9.77. The van der Waals surface area contributed by atoms with Crippen LogP contribution in [-0.2, 0) is 4.57 Å². The van der Waals surface area contributed by atoms with E-state index in [9.17, 15) is 18.7 Å². The van der Waals surface area contributed by atoms with E-state index in [2.05, 4.69) is 5.32 Å². The van der Waals surface area contributed by atoms with Gasteiger partial charge in [-0.2, -0.15) is 0 Å². The van der Waals surface area contributed by atoms with Crippen LogP contribution >= 0.6 is 7.60 Å². The molecule has 112 valence electrons. The summed E-state index contributed by atoms with van der Waals surface area (Å²) in [6.45, 7) is 3.70. The van der Waals surface area contributed by atoms with Crippen molar-refractivity contribution in [2.45, 2.75) is 19.6 Å². The molecular formula is C15H17FNO3P. The molecule has 2 aromatic carbocycles. The van der Waals surface area contributed by atoms with E-state index in [0.717, 1.165) is 11.1 Å². The van der Waals surface area contributed by atoms with E-state index in [-0.39, 0.29) is 0 Å². The largest absolute Gasteiger partial charge is 0.368 e. The van der Waals surface area contributed by atoms with Gasteiger partial charge in [-0.25, -0.2) is 4.39 Å². The minimum atomic E-state index is -4.45. The summed E-state index contributed by atoms with van der Waals surface area (Å²) in [5, 5.41) is 2.73. The van der Waals surface area contributed by atoms with Crippen molar-refractivity contribution in [3.63, 3.8) is 0 Å². The van der Waals surface area contributed by atoms with Crippen LogP contribution < -0.4 is 5.32 Å². The highest BCUT2D eigenvalue weighted by Gasteiger charge is 2.31. The smallest absolute Gasteiger partial charge is 0.352 e. The molecular weight excluding hydrogens is 292 g/mol. The van der Waals surface area contributed by atoms with E-state index in [1.807, 2.05) is 13.0 Å². The zero-order valence-corrected chi connectivity index (χ0v) is 12.6. The van der Waals surface area contributed by atoms with Crippen LogP contribution in [0.4, 0.5) is 10.1 Å². The van der Waals surface area contributed by atoms with Gasteiger partial charge in [-0.3, -0.25) is 4.57 Å². The quantitative estimate of drug-likeness (QED) is 0.753. The second kappa shape index (κ2) is 5.98. The molecule has 0 unspecified atom stereocenters. The molecule has 0 aliphatic heterocycles. The number of hydrogen-bond acceptors (Lipinski definition) is 2. The highest BCUT2D eigenvalue weighted by Crippen LogP contribution is 2.52. The normalized spacial score (nSPS) is 13.0. The molecule has 0 aromatic heterocycles. The van der Waals surface area contributed by atoms with Gasteiger partial charge in [0.2, 0.25) is 0 Å². The van der Waals surface area contributed by atoms with Crippen LogP contribution in [0.15, 0.2) is 42.5 Å². The third-order valence-corrected chi connectivity index (χ3v) is 4.26. The number of halogens is 1. The van der Waals surface area contributed by atoms with Crippen molar-refractivity contribution in [2.24, 2.45) is 0 Å². The molecule has 2 aromatic rings. The number of nitrogens with one attached hydrogen (secondary N) is 1. The standard InChI is InChI=1S/C15H17FNO3P/c1-10-6-7-14(11(2)8-10)15(21(18,19)20)17-13-5-3-4-12(16)9-13/h3-9,15,17H,1-2H3,(H2,18,19,20)/t15-/m1/s1. The first kappa shape index (κ1) is 15.7. The fraction of sp³-hybridized carbons (Fsp3) is 0.200. The summed E-state index contributed by atoms with van der Waals surface area (Å²) in [7, 11) is -4.45. The summed E-state index contributed by atoms with van der Waals surface area (Å²) in [5.74, 6) is -1.68. The average Bonchev–Trinajstić information content (AvgIpc) is 2.35. The molecule has 6 heteroatoms. The average molecular weight is 309 g/mol. The second-order valence-corrected chi connectivity index (χ2v) is 6.70. The molecule has 0 aliphatic carbocycles. The summed E-state index contributed by atoms with van der Waals surface area (Å²) in [5.41, 5.74) is 2.60. The Bertz CT molecular complexity index is 699. The van der Waals surface area contributed by atoms with Crippen molar-refractivity contribution >= 4 is 13.3 Å². The molecule has 0 fully saturated rings. The minimum Gasteiger partial charge on any atom is -0.368 e. The van der Waals surface area contributed by atoms with Crippen LogP contribution in [0.2, 0.25) is 0 Å². The van der Waals surface area contributed by atoms with E-state index < -0.39 is 19.2 Å². The number of hydrogen-bond donors (Lipinski definition) is 3. The molecule has 21 heavy (non-hydrogen) atoms. The van der Waals surface area contributed by atoms with Gasteiger partial charge < -0.3 is 15.1 Å². The van der Waals surface area contributed by atoms with E-state index in [0.29, 0.717) is 11.3 Å². The van der Waals surface area contributed by atoms with Crippen LogP contribution in [0.3, 0.4) is 0 Å². The van der Waals surface area contributed by atoms with Crippen molar-refractivity contribution in [1.29, 1.82) is 0 Å². The first-order valence-electron chi connectivity index (χ1n) is 6.42. The van der Waals surface area contributed by atoms with Crippen molar-refractivity contribution in [1.82, 2.24) is 0 Å². The Morgan fingerprint density at radius 3 is 2.43 bits per heavy atom. The molecule has 4 nitrogen and oxygen atoms in total. The Labute approximate surface area is 122 Å². The number of rotatable bonds is 4. The molecule has 0 amide bonds. The van der Waals surface area contributed by atoms with Crippen LogP contribution in [0.25, 0.3) is 0 Å². The van der Waals surface area contributed by atoms with Gasteiger partial charge in [-0.15, -0.1) is 0 Å². The van der Waals surface area contributed by atoms with E-state index >= 15 is 0 Å². The van der Waals surface area contributed by atoms with Gasteiger partial charge >= 0.3 is 7.60 Å². The number of aryl methyl sites for hydroxylation is 2. The predicted octanol–water partition coefficient (Wildman–Crippen LogP) is 3.73. The summed E-state index contributed by atoms with van der Waals surface area (Å²) < 4.78 is 25.0. The molecule has 0 radical (unpaired) electrons. The maximum Gasteiger partial charge on any atom is 0.352 e. The van der Waals surface area contributed by atoms with Crippen molar-refractivity contribution in [3.8, 4) is 0 Å². The molecule has 0 saturated carbocycles. The van der Waals surface area contributed by atoms with E-state index in [1.165, 1.54) is 18.2 Å². The lowest BCUT2D eigenvalue weighted by atomic mass is 10.1. The van der Waals surface area contributed by atoms with Gasteiger partial charge in [0.1, 0.15) is 5.82 Å². The van der Waals surface area contributed by atoms with Crippen LogP contribution in [0, 0.1) is 19.7 Å². The summed E-state index contributed by atoms with van der Waals surface area (Å²) in [6.07, 6.45) is 0. The Morgan fingerprint density at radius 2 is 1.86 bits per heavy atom. The SMILES string of the molecule is Cc1ccc([C@H](Nc2cccc(F)c2)P(=O)(O)O)c(C)c1. The predicted molar refractivity (Wildman–Crippen MR) is 80.7 cm³/mol. The molecule has 2 rings (SSSR count). The highest BCUT2D eigenvalue weighted by molar-refractivity contribution is 7.52. The van der Waals surface area contributed by atoms with Crippen molar-refractivity contribution in [3.05, 3.63) is 65.0 Å². The lowest BCUT2D eigenvalue weighted by Gasteiger charge is -2.23. The molecule has 3 N–H and O–H groups in total. The van der Waals surface area contributed by atoms with E-state index in [1.54, 1.807) is 25.1 Å². The lowest BCUT2D eigenvalue weighted by molar-refractivity contribution is 0.363. The second-order valence-electron chi connectivity index (χ2n) is 5.01. The monoisotopic (exact) mass is 309 g/mol. The summed E-state index contributed by atoms with van der Waals surface area (Å²) in [6, 6.07) is 10.8. The van der Waals surface area contributed by atoms with Crippen LogP contribution in [0.1, 0.15) is 22.5 Å². The molecule has 1 atom stereocenters. The van der Waals surface area contributed by atoms with Crippen LogP contribution in [0.5, 0.6) is 0 Å². The Morgan fingerprint density at radius 1 is 1.14 bits per heavy atom. The lowest BCUT2D eigenvalue weighted by Crippen LogP contribution is -2.13. The van der Waals surface area contributed by atoms with Gasteiger partial charge in [0, 0.05) is 5.69 Å². The number of benzene rings is 2. The molecule has 0 bridgehead atoms. The molecule has 0 aliphatic rings. The first-order valence-corrected chi connectivity index (χ1v) is 8.10. The third-order valence-electron chi connectivity index (χ3n) is 3.18. The molecule has 0 heterocycles. The van der Waals surface area contributed by atoms with Gasteiger partial charge in [-0.1, -0.05) is 29.8 Å². The van der Waals surface area contributed by atoms with Gasteiger partial charge in [0.05, 0.1) is 0 Å². The van der Waals surface area contributed by atoms with Crippen molar-refractivity contribution in [2.75, 3.05) is 5.32 Å². The minimum absolute atomic E-state index is 0.322. The maximum atomic E-state index is 13.2. The number of anilines is 1. The zero-order chi connectivity index (χ0) is 15.6. The fourth-order valence-electron chi connectivity index (χ4n) is 2.21. The van der Waals surface area contributed by atoms with Gasteiger partial charge in [0.15, 0.2) is 5.78 Å².